The smallest absolute Gasteiger partial charge is 0.218 e. The average molecular weight is 306 g/mol. The van der Waals surface area contributed by atoms with Gasteiger partial charge in [-0.05, 0) is 18.9 Å². The summed E-state index contributed by atoms with van der Waals surface area (Å²) < 4.78 is 10.6. The van der Waals surface area contributed by atoms with Crippen molar-refractivity contribution in [2.75, 3.05) is 33.4 Å². The van der Waals surface area contributed by atoms with E-state index >= 15 is 0 Å². The summed E-state index contributed by atoms with van der Waals surface area (Å²) in [7, 11) is 1.65. The zero-order valence-electron chi connectivity index (χ0n) is 13.3. The molecule has 2 heterocycles. The van der Waals surface area contributed by atoms with E-state index < -0.39 is 0 Å². The minimum atomic E-state index is 0.478. The molecule has 1 fully saturated rings. The number of nitrogens with two attached hydrogens (primary N) is 1. The van der Waals surface area contributed by atoms with Crippen LogP contribution in [-0.2, 0) is 11.3 Å². The molecule has 22 heavy (non-hydrogen) atoms. The molecule has 0 spiro atoms. The van der Waals surface area contributed by atoms with Gasteiger partial charge in [0.25, 0.3) is 0 Å². The van der Waals surface area contributed by atoms with Crippen molar-refractivity contribution in [1.82, 2.24) is 9.88 Å². The first-order valence-electron chi connectivity index (χ1n) is 7.91. The van der Waals surface area contributed by atoms with E-state index in [2.05, 4.69) is 14.9 Å². The van der Waals surface area contributed by atoms with Gasteiger partial charge in [-0.2, -0.15) is 0 Å². The van der Waals surface area contributed by atoms with Crippen molar-refractivity contribution in [3.8, 4) is 5.88 Å². The van der Waals surface area contributed by atoms with Gasteiger partial charge in [0.15, 0.2) is 5.96 Å². The molecule has 1 aliphatic rings. The zero-order chi connectivity index (χ0) is 15.6. The van der Waals surface area contributed by atoms with Crippen LogP contribution in [0.3, 0.4) is 0 Å². The van der Waals surface area contributed by atoms with E-state index in [0.717, 1.165) is 18.7 Å². The van der Waals surface area contributed by atoms with Crippen LogP contribution in [0.4, 0.5) is 0 Å². The fourth-order valence-electron chi connectivity index (χ4n) is 2.46. The first-order chi connectivity index (χ1) is 10.8. The van der Waals surface area contributed by atoms with E-state index in [4.69, 9.17) is 15.2 Å². The number of ether oxygens (including phenoxy) is 2. The van der Waals surface area contributed by atoms with Crippen molar-refractivity contribution in [3.63, 3.8) is 0 Å². The van der Waals surface area contributed by atoms with Crippen molar-refractivity contribution >= 4 is 5.96 Å². The summed E-state index contributed by atoms with van der Waals surface area (Å²) in [4.78, 5) is 10.9. The molecular formula is C16H26N4O2. The first-order valence-corrected chi connectivity index (χ1v) is 7.91. The van der Waals surface area contributed by atoms with Crippen molar-refractivity contribution in [2.24, 2.45) is 10.7 Å². The second kappa shape index (κ2) is 9.25. The van der Waals surface area contributed by atoms with Crippen molar-refractivity contribution in [3.05, 3.63) is 23.9 Å². The lowest BCUT2D eigenvalue weighted by atomic mass is 10.2. The predicted octanol–water partition coefficient (Wildman–Crippen LogP) is 1.80. The van der Waals surface area contributed by atoms with Gasteiger partial charge in [0.1, 0.15) is 6.61 Å². The Bertz CT molecular complexity index is 471. The Hall–Kier alpha value is -1.82. The zero-order valence-corrected chi connectivity index (χ0v) is 13.3. The topological polar surface area (TPSA) is 73.0 Å². The van der Waals surface area contributed by atoms with E-state index in [0.29, 0.717) is 31.6 Å². The molecule has 0 unspecified atom stereocenters. The fraction of sp³-hybridized carbons (Fsp3) is 0.625. The summed E-state index contributed by atoms with van der Waals surface area (Å²) in [6, 6.07) is 3.85. The maximum atomic E-state index is 6.13. The first kappa shape index (κ1) is 16.5. The lowest BCUT2D eigenvalue weighted by Gasteiger charge is -2.21. The van der Waals surface area contributed by atoms with Crippen LogP contribution in [0, 0.1) is 0 Å². The number of pyridine rings is 1. The molecule has 2 N–H and O–H groups in total. The molecule has 1 saturated heterocycles. The number of hydrogen-bond donors (Lipinski definition) is 1. The standard InChI is InChI=1S/C16H26N4O2/c1-21-11-12-22-15-14(7-6-8-18-15)13-19-16(17)20-9-4-2-3-5-10-20/h6-8H,2-5,9-13H2,1H3,(H2,17,19). The molecule has 1 aliphatic heterocycles. The summed E-state index contributed by atoms with van der Waals surface area (Å²) in [5, 5.41) is 0. The number of hydrogen-bond acceptors (Lipinski definition) is 4. The Morgan fingerprint density at radius 3 is 2.77 bits per heavy atom. The minimum absolute atomic E-state index is 0.478. The number of rotatable bonds is 6. The average Bonchev–Trinajstić information content (AvgIpc) is 2.83. The van der Waals surface area contributed by atoms with Gasteiger partial charge < -0.3 is 20.1 Å². The van der Waals surface area contributed by atoms with Gasteiger partial charge >= 0.3 is 0 Å². The van der Waals surface area contributed by atoms with Crippen LogP contribution in [0.15, 0.2) is 23.3 Å². The monoisotopic (exact) mass is 306 g/mol. The summed E-state index contributed by atoms with van der Waals surface area (Å²) in [5.74, 6) is 1.22. The Labute approximate surface area is 132 Å². The number of likely N-dealkylation sites (tertiary alicyclic amines) is 1. The van der Waals surface area contributed by atoms with Gasteiger partial charge in [-0.15, -0.1) is 0 Å². The highest BCUT2D eigenvalue weighted by Crippen LogP contribution is 2.16. The van der Waals surface area contributed by atoms with E-state index in [9.17, 15) is 0 Å². The third-order valence-electron chi connectivity index (χ3n) is 3.72. The van der Waals surface area contributed by atoms with Gasteiger partial charge in [-0.1, -0.05) is 18.9 Å². The molecule has 6 nitrogen and oxygen atoms in total. The summed E-state index contributed by atoms with van der Waals surface area (Å²) in [6.07, 6.45) is 6.66. The Morgan fingerprint density at radius 2 is 2.05 bits per heavy atom. The van der Waals surface area contributed by atoms with E-state index in [1.807, 2.05) is 12.1 Å². The lowest BCUT2D eigenvalue weighted by Crippen LogP contribution is -2.38. The SMILES string of the molecule is COCCOc1ncccc1CN=C(N)N1CCCCCC1. The Morgan fingerprint density at radius 1 is 1.27 bits per heavy atom. The molecule has 0 amide bonds. The molecule has 0 aromatic carbocycles. The largest absolute Gasteiger partial charge is 0.475 e. The van der Waals surface area contributed by atoms with Gasteiger partial charge in [0.2, 0.25) is 5.88 Å². The van der Waals surface area contributed by atoms with Crippen molar-refractivity contribution in [2.45, 2.75) is 32.2 Å². The van der Waals surface area contributed by atoms with Crippen LogP contribution >= 0.6 is 0 Å². The molecule has 6 heteroatoms. The highest BCUT2D eigenvalue weighted by molar-refractivity contribution is 5.78. The minimum Gasteiger partial charge on any atom is -0.475 e. The third kappa shape index (κ3) is 5.18. The predicted molar refractivity (Wildman–Crippen MR) is 87.0 cm³/mol. The van der Waals surface area contributed by atoms with Gasteiger partial charge in [0.05, 0.1) is 13.2 Å². The summed E-state index contributed by atoms with van der Waals surface area (Å²) in [6.45, 7) is 3.50. The Kier molecular flexibility index (Phi) is 6.96. The highest BCUT2D eigenvalue weighted by atomic mass is 16.5. The van der Waals surface area contributed by atoms with Crippen LogP contribution < -0.4 is 10.5 Å². The molecule has 0 atom stereocenters. The second-order valence-corrected chi connectivity index (χ2v) is 5.38. The number of methoxy groups -OCH3 is 1. The van der Waals surface area contributed by atoms with Gasteiger partial charge in [-0.3, -0.25) is 0 Å². The van der Waals surface area contributed by atoms with Crippen LogP contribution in [0.1, 0.15) is 31.2 Å². The summed E-state index contributed by atoms with van der Waals surface area (Å²) in [5.41, 5.74) is 7.07. The molecule has 122 valence electrons. The number of nitrogens with zero attached hydrogens (tertiary/aromatic N) is 3. The number of aromatic nitrogens is 1. The fourth-order valence-corrected chi connectivity index (χ4v) is 2.46. The van der Waals surface area contributed by atoms with E-state index in [1.54, 1.807) is 13.3 Å². The molecule has 0 aliphatic carbocycles. The van der Waals surface area contributed by atoms with Crippen molar-refractivity contribution in [1.29, 1.82) is 0 Å². The number of aliphatic imine (C=N–C) groups is 1. The number of guanidine groups is 1. The highest BCUT2D eigenvalue weighted by Gasteiger charge is 2.11. The third-order valence-corrected chi connectivity index (χ3v) is 3.72. The van der Waals surface area contributed by atoms with Crippen LogP contribution in [-0.4, -0.2) is 49.3 Å². The van der Waals surface area contributed by atoms with E-state index in [-0.39, 0.29) is 0 Å². The summed E-state index contributed by atoms with van der Waals surface area (Å²) >= 11 is 0. The Balaban J connectivity index is 1.95. The van der Waals surface area contributed by atoms with Crippen LogP contribution in [0.2, 0.25) is 0 Å². The van der Waals surface area contributed by atoms with Gasteiger partial charge in [-0.25, -0.2) is 9.98 Å². The molecule has 2 rings (SSSR count). The molecule has 0 bridgehead atoms. The molecule has 1 aromatic heterocycles. The van der Waals surface area contributed by atoms with Crippen LogP contribution in [0.25, 0.3) is 0 Å². The molecule has 0 saturated carbocycles. The van der Waals surface area contributed by atoms with Gasteiger partial charge in [0, 0.05) is 32.0 Å². The molecular weight excluding hydrogens is 280 g/mol. The maximum absolute atomic E-state index is 6.13. The van der Waals surface area contributed by atoms with E-state index in [1.165, 1.54) is 25.7 Å². The molecule has 1 aromatic rings. The maximum Gasteiger partial charge on any atom is 0.218 e. The second-order valence-electron chi connectivity index (χ2n) is 5.38. The van der Waals surface area contributed by atoms with Crippen LogP contribution in [0.5, 0.6) is 5.88 Å². The normalized spacial score (nSPS) is 16.4. The molecule has 0 radical (unpaired) electrons. The lowest BCUT2D eigenvalue weighted by molar-refractivity contribution is 0.143. The quantitative estimate of drug-likeness (QED) is 0.493. The van der Waals surface area contributed by atoms with Crippen molar-refractivity contribution < 1.29 is 9.47 Å².